The van der Waals surface area contributed by atoms with Crippen LogP contribution in [-0.2, 0) is 19.1 Å². The third-order valence-electron chi connectivity index (χ3n) is 5.42. The van der Waals surface area contributed by atoms with E-state index in [1.165, 1.54) is 12.4 Å². The molecular formula is C23H23F3N2O6. The van der Waals surface area contributed by atoms with Gasteiger partial charge in [0.25, 0.3) is 0 Å². The van der Waals surface area contributed by atoms with Crippen LogP contribution in [0.1, 0.15) is 23.5 Å². The fourth-order valence-corrected chi connectivity index (χ4v) is 3.81. The van der Waals surface area contributed by atoms with Crippen LogP contribution in [0.4, 0.5) is 18.0 Å². The molecule has 0 aromatic heterocycles. The molecule has 182 valence electrons. The molecule has 0 saturated heterocycles. The zero-order valence-corrected chi connectivity index (χ0v) is 18.1. The van der Waals surface area contributed by atoms with E-state index < -0.39 is 36.2 Å². The van der Waals surface area contributed by atoms with Crippen LogP contribution in [0, 0.1) is 0 Å². The molecule has 0 bridgehead atoms. The van der Waals surface area contributed by atoms with Crippen LogP contribution in [0.15, 0.2) is 48.5 Å². The number of hydrogen-bond donors (Lipinski definition) is 3. The number of nitrogens with one attached hydrogen (secondary N) is 2. The lowest BCUT2D eigenvalue weighted by atomic mass is 9.98. The highest BCUT2D eigenvalue weighted by atomic mass is 19.4. The Hall–Kier alpha value is -3.60. The minimum absolute atomic E-state index is 0.0707. The largest absolute Gasteiger partial charge is 0.479 e. The second kappa shape index (κ2) is 10.6. The lowest BCUT2D eigenvalue weighted by molar-refractivity contribution is -0.182. The van der Waals surface area contributed by atoms with Crippen molar-refractivity contribution in [2.45, 2.75) is 30.6 Å². The number of benzene rings is 2. The van der Waals surface area contributed by atoms with Crippen molar-refractivity contribution in [1.29, 1.82) is 0 Å². The molecule has 34 heavy (non-hydrogen) atoms. The summed E-state index contributed by atoms with van der Waals surface area (Å²) in [7, 11) is 1.30. The number of carboxylic acids is 1. The number of hydrogen-bond acceptors (Lipinski definition) is 5. The van der Waals surface area contributed by atoms with Crippen LogP contribution >= 0.6 is 0 Å². The van der Waals surface area contributed by atoms with Gasteiger partial charge < -0.3 is 25.2 Å². The van der Waals surface area contributed by atoms with Crippen LogP contribution in [0.3, 0.4) is 0 Å². The van der Waals surface area contributed by atoms with Crippen LogP contribution in [0.5, 0.6) is 0 Å². The van der Waals surface area contributed by atoms with E-state index in [0.29, 0.717) is 0 Å². The first-order valence-corrected chi connectivity index (χ1v) is 10.3. The van der Waals surface area contributed by atoms with Gasteiger partial charge in [-0.1, -0.05) is 48.5 Å². The third-order valence-corrected chi connectivity index (χ3v) is 5.42. The van der Waals surface area contributed by atoms with E-state index >= 15 is 0 Å². The second-order valence-corrected chi connectivity index (χ2v) is 7.63. The smallest absolute Gasteiger partial charge is 0.419 e. The summed E-state index contributed by atoms with van der Waals surface area (Å²) in [4.78, 5) is 35.7. The summed E-state index contributed by atoms with van der Waals surface area (Å²) in [6.45, 7) is -0.149. The highest BCUT2D eigenvalue weighted by Crippen LogP contribution is 2.44. The third kappa shape index (κ3) is 5.66. The lowest BCUT2D eigenvalue weighted by Gasteiger charge is -2.23. The van der Waals surface area contributed by atoms with Gasteiger partial charge >= 0.3 is 18.2 Å². The fraction of sp³-hybridized carbons (Fsp3) is 0.348. The number of carbonyl (C=O) groups is 3. The van der Waals surface area contributed by atoms with E-state index in [2.05, 4.69) is 5.32 Å². The van der Waals surface area contributed by atoms with Crippen LogP contribution in [-0.4, -0.2) is 61.7 Å². The van der Waals surface area contributed by atoms with Crippen LogP contribution < -0.4 is 10.6 Å². The zero-order valence-electron chi connectivity index (χ0n) is 18.1. The van der Waals surface area contributed by atoms with Gasteiger partial charge in [-0.2, -0.15) is 13.2 Å². The summed E-state index contributed by atoms with van der Waals surface area (Å²) in [5, 5.41) is 12.4. The summed E-state index contributed by atoms with van der Waals surface area (Å²) < 4.78 is 48.9. The van der Waals surface area contributed by atoms with Crippen molar-refractivity contribution in [3.8, 4) is 11.1 Å². The number of aliphatic carboxylic acids is 1. The minimum atomic E-state index is -5.21. The molecule has 0 saturated carbocycles. The Kier molecular flexibility index (Phi) is 7.77. The molecule has 0 aliphatic heterocycles. The van der Waals surface area contributed by atoms with Gasteiger partial charge in [-0.3, -0.25) is 4.79 Å². The van der Waals surface area contributed by atoms with Crippen molar-refractivity contribution < 1.29 is 42.1 Å². The maximum atomic E-state index is 12.9. The predicted molar refractivity (Wildman–Crippen MR) is 114 cm³/mol. The number of alkyl halides is 3. The number of rotatable bonds is 9. The first-order valence-electron chi connectivity index (χ1n) is 10.3. The van der Waals surface area contributed by atoms with E-state index in [-0.39, 0.29) is 25.6 Å². The molecule has 1 aliphatic carbocycles. The van der Waals surface area contributed by atoms with Gasteiger partial charge in [-0.05, 0) is 22.3 Å². The van der Waals surface area contributed by atoms with Gasteiger partial charge in [-0.15, -0.1) is 0 Å². The topological polar surface area (TPSA) is 114 Å². The van der Waals surface area contributed by atoms with Crippen molar-refractivity contribution in [3.05, 3.63) is 59.7 Å². The average Bonchev–Trinajstić information content (AvgIpc) is 3.11. The van der Waals surface area contributed by atoms with Gasteiger partial charge in [-0.25, -0.2) is 9.59 Å². The van der Waals surface area contributed by atoms with Crippen molar-refractivity contribution in [1.82, 2.24) is 10.6 Å². The van der Waals surface area contributed by atoms with Crippen molar-refractivity contribution in [2.75, 3.05) is 20.3 Å². The summed E-state index contributed by atoms with van der Waals surface area (Å²) in [6.07, 6.45) is -6.44. The molecule has 3 rings (SSSR count). The summed E-state index contributed by atoms with van der Waals surface area (Å²) >= 11 is 0. The molecule has 2 amide bonds. The quantitative estimate of drug-likeness (QED) is 0.509. The Balaban J connectivity index is 1.67. The Bertz CT molecular complexity index is 1010. The number of methoxy groups -OCH3 is 1. The van der Waals surface area contributed by atoms with Crippen LogP contribution in [0.2, 0.25) is 0 Å². The summed E-state index contributed by atoms with van der Waals surface area (Å²) in [5.41, 5.74) is 3.94. The summed E-state index contributed by atoms with van der Waals surface area (Å²) in [5.74, 6) is -3.85. The van der Waals surface area contributed by atoms with Crippen molar-refractivity contribution in [3.63, 3.8) is 0 Å². The van der Waals surface area contributed by atoms with Crippen molar-refractivity contribution in [2.24, 2.45) is 0 Å². The zero-order chi connectivity index (χ0) is 24.9. The Morgan fingerprint density at radius 1 is 1.00 bits per heavy atom. The van der Waals surface area contributed by atoms with E-state index in [1.807, 2.05) is 48.5 Å². The number of halogens is 3. The maximum Gasteiger partial charge on any atom is 0.419 e. The molecular weight excluding hydrogens is 457 g/mol. The molecule has 0 spiro atoms. The Morgan fingerprint density at radius 3 is 2.06 bits per heavy atom. The molecule has 2 unspecified atom stereocenters. The fourth-order valence-electron chi connectivity index (χ4n) is 3.81. The molecule has 8 nitrogen and oxygen atoms in total. The first kappa shape index (κ1) is 25.0. The highest BCUT2D eigenvalue weighted by Gasteiger charge is 2.47. The second-order valence-electron chi connectivity index (χ2n) is 7.63. The summed E-state index contributed by atoms with van der Waals surface area (Å²) in [6, 6.07) is 10.7. The molecule has 3 N–H and O–H groups in total. The predicted octanol–water partition coefficient (Wildman–Crippen LogP) is 3.06. The maximum absolute atomic E-state index is 12.9. The number of carbonyl (C=O) groups excluding carboxylic acids is 2. The molecule has 0 fully saturated rings. The number of ether oxygens (including phenoxy) is 2. The minimum Gasteiger partial charge on any atom is -0.479 e. The molecule has 2 aromatic carbocycles. The molecule has 2 atom stereocenters. The Labute approximate surface area is 193 Å². The number of fused-ring (bicyclic) bond motifs is 3. The molecule has 0 heterocycles. The number of amides is 2. The van der Waals surface area contributed by atoms with Gasteiger partial charge in [0.15, 0.2) is 0 Å². The van der Waals surface area contributed by atoms with E-state index in [4.69, 9.17) is 14.6 Å². The number of alkyl carbamates (subject to hydrolysis) is 1. The Morgan fingerprint density at radius 2 is 1.56 bits per heavy atom. The van der Waals surface area contributed by atoms with Crippen LogP contribution in [0.25, 0.3) is 11.1 Å². The van der Waals surface area contributed by atoms with E-state index in [1.54, 1.807) is 0 Å². The van der Waals surface area contributed by atoms with Gasteiger partial charge in [0.05, 0.1) is 0 Å². The number of carboxylic acid groups (broad SMARTS) is 1. The standard InChI is InChI=1S/C23H23F3N2O6/c1-33-11-10-18(20(29)28-19(21(30)31)23(24,25)26)27-22(32)34-12-17-15-8-4-2-6-13(15)14-7-3-5-9-16(14)17/h2-9,17-19H,10-12H2,1H3,(H,27,32)(H,28,29)(H,30,31). The first-order chi connectivity index (χ1) is 16.1. The average molecular weight is 480 g/mol. The van der Waals surface area contributed by atoms with Gasteiger partial charge in [0.1, 0.15) is 12.6 Å². The van der Waals surface area contributed by atoms with E-state index in [0.717, 1.165) is 22.3 Å². The lowest BCUT2D eigenvalue weighted by Crippen LogP contribution is -2.56. The molecule has 2 aromatic rings. The molecule has 0 radical (unpaired) electrons. The SMILES string of the molecule is COCCC(NC(=O)OCC1c2ccccc2-c2ccccc21)C(=O)NC(C(=O)O)C(F)(F)F. The molecule has 1 aliphatic rings. The highest BCUT2D eigenvalue weighted by molar-refractivity contribution is 5.89. The monoisotopic (exact) mass is 480 g/mol. The van der Waals surface area contributed by atoms with Gasteiger partial charge in [0, 0.05) is 26.1 Å². The normalized spacial score (nSPS) is 14.5. The molecule has 11 heteroatoms. The van der Waals surface area contributed by atoms with Gasteiger partial charge in [0.2, 0.25) is 11.9 Å². The van der Waals surface area contributed by atoms with Crippen molar-refractivity contribution >= 4 is 18.0 Å². The van der Waals surface area contributed by atoms with E-state index in [9.17, 15) is 27.6 Å².